The molecule has 8 nitrogen and oxygen atoms in total. The van der Waals surface area contributed by atoms with Crippen LogP contribution >= 0.6 is 0 Å². The van der Waals surface area contributed by atoms with Gasteiger partial charge in [0.2, 0.25) is 15.9 Å². The molecule has 0 N–H and O–H groups in total. The van der Waals surface area contributed by atoms with E-state index in [9.17, 15) is 13.2 Å². The number of fused-ring (bicyclic) bond motifs is 1. The first kappa shape index (κ1) is 24.0. The molecule has 0 atom stereocenters. The minimum Gasteiger partial charge on any atom is -0.493 e. The van der Waals surface area contributed by atoms with Crippen molar-refractivity contribution in [1.82, 2.24) is 14.1 Å². The Morgan fingerprint density at radius 2 is 1.66 bits per heavy atom. The fraction of sp³-hybridized carbons (Fsp3) is 0.423. The van der Waals surface area contributed by atoms with Gasteiger partial charge in [0, 0.05) is 58.3 Å². The molecule has 3 aliphatic heterocycles. The lowest BCUT2D eigenvalue weighted by Crippen LogP contribution is -2.47. The number of nitrogens with zero attached hydrogens (tertiary/aromatic N) is 3. The topological polar surface area (TPSA) is 79.4 Å². The van der Waals surface area contributed by atoms with Crippen molar-refractivity contribution >= 4 is 22.0 Å². The normalized spacial score (nSPS) is 19.6. The summed E-state index contributed by atoms with van der Waals surface area (Å²) < 4.78 is 37.8. The highest BCUT2D eigenvalue weighted by Crippen LogP contribution is 2.26. The van der Waals surface area contributed by atoms with E-state index in [1.165, 1.54) is 15.4 Å². The molecule has 2 aromatic carbocycles. The first-order chi connectivity index (χ1) is 17.0. The third kappa shape index (κ3) is 5.59. The number of piperazine rings is 1. The third-order valence-corrected chi connectivity index (χ3v) is 8.66. The number of morpholine rings is 1. The molecule has 0 saturated carbocycles. The molecule has 186 valence electrons. The Balaban J connectivity index is 1.12. The van der Waals surface area contributed by atoms with Gasteiger partial charge in [-0.15, -0.1) is 0 Å². The predicted octanol–water partition coefficient (Wildman–Crippen LogP) is 2.00. The number of carbonyl (C=O) groups excluding carboxylic acids is 1. The van der Waals surface area contributed by atoms with Crippen molar-refractivity contribution in [1.29, 1.82) is 0 Å². The average molecular weight is 498 g/mol. The van der Waals surface area contributed by atoms with Crippen molar-refractivity contribution < 1.29 is 22.7 Å². The summed E-state index contributed by atoms with van der Waals surface area (Å²) in [6, 6.07) is 13.1. The van der Waals surface area contributed by atoms with E-state index in [0.29, 0.717) is 39.4 Å². The maximum Gasteiger partial charge on any atom is 0.246 e. The Kier molecular flexibility index (Phi) is 7.19. The van der Waals surface area contributed by atoms with Crippen LogP contribution in [0.25, 0.3) is 6.08 Å². The average Bonchev–Trinajstić information content (AvgIpc) is 3.36. The minimum atomic E-state index is -3.52. The quantitative estimate of drug-likeness (QED) is 0.568. The maximum atomic E-state index is 12.7. The molecule has 1 amide bonds. The number of carbonyl (C=O) groups is 1. The van der Waals surface area contributed by atoms with Crippen molar-refractivity contribution in [2.45, 2.75) is 17.9 Å². The Morgan fingerprint density at radius 3 is 2.40 bits per heavy atom. The number of ether oxygens (including phenoxy) is 2. The van der Waals surface area contributed by atoms with Crippen LogP contribution in [-0.4, -0.2) is 87.5 Å². The molecule has 0 aromatic heterocycles. The second kappa shape index (κ2) is 10.5. The summed E-state index contributed by atoms with van der Waals surface area (Å²) in [5, 5.41) is 0. The van der Waals surface area contributed by atoms with Crippen LogP contribution in [0.15, 0.2) is 53.4 Å². The summed E-state index contributed by atoms with van der Waals surface area (Å²) in [5.74, 6) is 0.980. The fourth-order valence-corrected chi connectivity index (χ4v) is 6.09. The zero-order valence-corrected chi connectivity index (χ0v) is 20.6. The SMILES string of the molecule is O=C(C=Cc1ccc(S(=O)(=O)N2CCOCC2)cc1)N1CCN(Cc2ccc3c(c2)CCO3)CC1. The van der Waals surface area contributed by atoms with Gasteiger partial charge in [-0.1, -0.05) is 24.3 Å². The second-order valence-electron chi connectivity index (χ2n) is 9.06. The van der Waals surface area contributed by atoms with E-state index < -0.39 is 10.0 Å². The highest BCUT2D eigenvalue weighted by atomic mass is 32.2. The van der Waals surface area contributed by atoms with E-state index in [0.717, 1.165) is 44.0 Å². The van der Waals surface area contributed by atoms with Gasteiger partial charge in [0.25, 0.3) is 0 Å². The van der Waals surface area contributed by atoms with E-state index in [2.05, 4.69) is 23.1 Å². The fourth-order valence-electron chi connectivity index (χ4n) is 4.68. The molecule has 2 saturated heterocycles. The number of hydrogen-bond donors (Lipinski definition) is 0. The predicted molar refractivity (Wildman–Crippen MR) is 133 cm³/mol. The molecule has 2 aromatic rings. The minimum absolute atomic E-state index is 0.0238. The number of sulfonamides is 1. The van der Waals surface area contributed by atoms with E-state index in [-0.39, 0.29) is 10.8 Å². The van der Waals surface area contributed by atoms with Gasteiger partial charge in [-0.25, -0.2) is 8.42 Å². The van der Waals surface area contributed by atoms with Gasteiger partial charge in [0.05, 0.1) is 24.7 Å². The molecule has 0 unspecified atom stereocenters. The number of rotatable bonds is 6. The van der Waals surface area contributed by atoms with Crippen LogP contribution in [0.4, 0.5) is 0 Å². The molecule has 0 radical (unpaired) electrons. The Labute approximate surface area is 206 Å². The highest BCUT2D eigenvalue weighted by molar-refractivity contribution is 7.89. The summed E-state index contributed by atoms with van der Waals surface area (Å²) in [4.78, 5) is 17.2. The molecule has 9 heteroatoms. The second-order valence-corrected chi connectivity index (χ2v) is 11.0. The van der Waals surface area contributed by atoms with E-state index in [4.69, 9.17) is 9.47 Å². The van der Waals surface area contributed by atoms with Crippen LogP contribution in [0, 0.1) is 0 Å². The van der Waals surface area contributed by atoms with E-state index >= 15 is 0 Å². The van der Waals surface area contributed by atoms with Crippen molar-refractivity contribution in [3.05, 3.63) is 65.2 Å². The van der Waals surface area contributed by atoms with Crippen molar-refractivity contribution in [2.75, 3.05) is 59.1 Å². The van der Waals surface area contributed by atoms with Crippen LogP contribution in [0.3, 0.4) is 0 Å². The van der Waals surface area contributed by atoms with Gasteiger partial charge in [-0.05, 0) is 41.0 Å². The molecular formula is C26H31N3O5S. The molecule has 35 heavy (non-hydrogen) atoms. The Bertz CT molecular complexity index is 1180. The molecular weight excluding hydrogens is 466 g/mol. The summed E-state index contributed by atoms with van der Waals surface area (Å²) in [7, 11) is -3.52. The number of benzene rings is 2. The first-order valence-corrected chi connectivity index (χ1v) is 13.5. The van der Waals surface area contributed by atoms with Crippen LogP contribution in [0.5, 0.6) is 5.75 Å². The largest absolute Gasteiger partial charge is 0.493 e. The van der Waals surface area contributed by atoms with Crippen LogP contribution in [-0.2, 0) is 32.5 Å². The van der Waals surface area contributed by atoms with Crippen molar-refractivity contribution in [3.63, 3.8) is 0 Å². The molecule has 2 fully saturated rings. The lowest BCUT2D eigenvalue weighted by atomic mass is 10.1. The first-order valence-electron chi connectivity index (χ1n) is 12.1. The van der Waals surface area contributed by atoms with Crippen LogP contribution in [0.1, 0.15) is 16.7 Å². The zero-order valence-electron chi connectivity index (χ0n) is 19.8. The lowest BCUT2D eigenvalue weighted by molar-refractivity contribution is -0.127. The van der Waals surface area contributed by atoms with Crippen molar-refractivity contribution in [3.8, 4) is 5.75 Å². The van der Waals surface area contributed by atoms with Gasteiger partial charge in [0.1, 0.15) is 5.75 Å². The lowest BCUT2D eigenvalue weighted by Gasteiger charge is -2.34. The molecule has 0 aliphatic carbocycles. The van der Waals surface area contributed by atoms with E-state index in [1.807, 2.05) is 4.90 Å². The smallest absolute Gasteiger partial charge is 0.246 e. The monoisotopic (exact) mass is 497 g/mol. The molecule has 0 spiro atoms. The van der Waals surface area contributed by atoms with Gasteiger partial charge in [0.15, 0.2) is 0 Å². The van der Waals surface area contributed by atoms with Gasteiger partial charge >= 0.3 is 0 Å². The summed E-state index contributed by atoms with van der Waals surface area (Å²) in [5.41, 5.74) is 3.36. The molecule has 3 aliphatic rings. The van der Waals surface area contributed by atoms with Crippen LogP contribution in [0.2, 0.25) is 0 Å². The highest BCUT2D eigenvalue weighted by Gasteiger charge is 2.26. The maximum absolute atomic E-state index is 12.7. The van der Waals surface area contributed by atoms with Gasteiger partial charge in [-0.2, -0.15) is 4.31 Å². The molecule has 3 heterocycles. The molecule has 5 rings (SSSR count). The van der Waals surface area contributed by atoms with E-state index in [1.54, 1.807) is 36.4 Å². The number of amides is 1. The summed E-state index contributed by atoms with van der Waals surface area (Å²) in [6.45, 7) is 6.27. The van der Waals surface area contributed by atoms with Crippen molar-refractivity contribution in [2.24, 2.45) is 0 Å². The van der Waals surface area contributed by atoms with Gasteiger partial charge in [-0.3, -0.25) is 9.69 Å². The Hall–Kier alpha value is -2.72. The Morgan fingerprint density at radius 1 is 0.914 bits per heavy atom. The molecule has 0 bridgehead atoms. The van der Waals surface area contributed by atoms with Crippen LogP contribution < -0.4 is 4.74 Å². The van der Waals surface area contributed by atoms with Gasteiger partial charge < -0.3 is 14.4 Å². The summed E-state index contributed by atoms with van der Waals surface area (Å²) >= 11 is 0. The standard InChI is InChI=1S/C26H31N3O5S/c30-26(8-4-21-1-5-24(6-2-21)35(31,32)29-14-17-33-18-15-29)28-12-10-27(11-13-28)20-22-3-7-25-23(19-22)9-16-34-25/h1-8,19H,9-18,20H2. The number of hydrogen-bond acceptors (Lipinski definition) is 6. The third-order valence-electron chi connectivity index (χ3n) is 6.75. The zero-order chi connectivity index (χ0) is 24.3. The summed E-state index contributed by atoms with van der Waals surface area (Å²) in [6.07, 6.45) is 4.29.